The van der Waals surface area contributed by atoms with Crippen LogP contribution in [-0.4, -0.2) is 15.7 Å². The molecule has 0 radical (unpaired) electrons. The van der Waals surface area contributed by atoms with Crippen molar-refractivity contribution in [2.24, 2.45) is 0 Å². The predicted molar refractivity (Wildman–Crippen MR) is 74.6 cm³/mol. The Labute approximate surface area is 110 Å². The van der Waals surface area contributed by atoms with Gasteiger partial charge in [0.15, 0.2) is 0 Å². The van der Waals surface area contributed by atoms with Gasteiger partial charge in [-0.05, 0) is 34.5 Å². The Hall–Kier alpha value is -0.290. The Morgan fingerprint density at radius 1 is 1.25 bits per heavy atom. The summed E-state index contributed by atoms with van der Waals surface area (Å²) in [5.41, 5.74) is 6.88. The van der Waals surface area contributed by atoms with E-state index in [9.17, 15) is 0 Å². The van der Waals surface area contributed by atoms with Gasteiger partial charge >= 0.3 is 0 Å². The number of rotatable bonds is 6. The maximum Gasteiger partial charge on any atom is 0.141 e. The minimum atomic E-state index is 0.561. The van der Waals surface area contributed by atoms with E-state index < -0.39 is 0 Å². The third-order valence-electron chi connectivity index (χ3n) is 2.06. The van der Waals surface area contributed by atoms with Gasteiger partial charge in [0.25, 0.3) is 0 Å². The molecule has 0 saturated heterocycles. The quantitative estimate of drug-likeness (QED) is 0.818. The average molecular weight is 304 g/mol. The van der Waals surface area contributed by atoms with Crippen molar-refractivity contribution < 1.29 is 0 Å². The highest BCUT2D eigenvalue weighted by molar-refractivity contribution is 9.10. The zero-order valence-electron chi connectivity index (χ0n) is 9.79. The first-order valence-electron chi connectivity index (χ1n) is 5.57. The van der Waals surface area contributed by atoms with Crippen LogP contribution in [0.15, 0.2) is 4.47 Å². The molecule has 0 unspecified atom stereocenters. The lowest BCUT2D eigenvalue weighted by Crippen LogP contribution is -2.04. The highest BCUT2D eigenvalue weighted by atomic mass is 79.9. The van der Waals surface area contributed by atoms with Crippen LogP contribution in [0.4, 0.5) is 5.82 Å². The lowest BCUT2D eigenvalue weighted by molar-refractivity contribution is 0.848. The normalized spacial score (nSPS) is 10.7. The largest absolute Gasteiger partial charge is 0.383 e. The van der Waals surface area contributed by atoms with Crippen molar-refractivity contribution >= 4 is 33.5 Å². The molecule has 0 spiro atoms. The Morgan fingerprint density at radius 3 is 2.62 bits per heavy atom. The number of nitrogens with zero attached hydrogens (tertiary/aromatic N) is 2. The zero-order chi connectivity index (χ0) is 12.0. The summed E-state index contributed by atoms with van der Waals surface area (Å²) in [5, 5.41) is 0. The minimum Gasteiger partial charge on any atom is -0.383 e. The van der Waals surface area contributed by atoms with Crippen molar-refractivity contribution in [2.45, 2.75) is 38.9 Å². The van der Waals surface area contributed by atoms with Crippen molar-refractivity contribution in [1.29, 1.82) is 0 Å². The molecule has 3 nitrogen and oxygen atoms in total. The molecular weight excluding hydrogens is 286 g/mol. The van der Waals surface area contributed by atoms with Crippen molar-refractivity contribution in [3.05, 3.63) is 16.0 Å². The van der Waals surface area contributed by atoms with Gasteiger partial charge < -0.3 is 5.73 Å². The van der Waals surface area contributed by atoms with E-state index in [1.807, 2.05) is 11.8 Å². The second-order valence-electron chi connectivity index (χ2n) is 3.59. The third kappa shape index (κ3) is 3.94. The summed E-state index contributed by atoms with van der Waals surface area (Å²) in [6, 6.07) is 0. The fraction of sp³-hybridized carbons (Fsp3) is 0.636. The first kappa shape index (κ1) is 13.8. The number of halogens is 1. The van der Waals surface area contributed by atoms with Gasteiger partial charge in [0, 0.05) is 0 Å². The lowest BCUT2D eigenvalue weighted by Gasteiger charge is -2.07. The van der Waals surface area contributed by atoms with Crippen LogP contribution in [0.1, 0.15) is 38.2 Å². The highest BCUT2D eigenvalue weighted by Crippen LogP contribution is 2.23. The average Bonchev–Trinajstić information content (AvgIpc) is 2.26. The van der Waals surface area contributed by atoms with E-state index in [1.54, 1.807) is 0 Å². The molecule has 0 atom stereocenters. The van der Waals surface area contributed by atoms with Crippen LogP contribution in [-0.2, 0) is 12.2 Å². The van der Waals surface area contributed by atoms with Crippen LogP contribution in [0.25, 0.3) is 0 Å². The van der Waals surface area contributed by atoms with E-state index >= 15 is 0 Å². The molecule has 0 aliphatic carbocycles. The van der Waals surface area contributed by atoms with Crippen molar-refractivity contribution in [2.75, 3.05) is 11.5 Å². The van der Waals surface area contributed by atoms with Crippen LogP contribution < -0.4 is 5.73 Å². The summed E-state index contributed by atoms with van der Waals surface area (Å²) >= 11 is 5.29. The molecule has 1 aromatic rings. The molecule has 0 aliphatic heterocycles. The number of aromatic nitrogens is 2. The van der Waals surface area contributed by atoms with E-state index in [4.69, 9.17) is 5.73 Å². The van der Waals surface area contributed by atoms with Gasteiger partial charge in [-0.1, -0.05) is 20.3 Å². The molecule has 2 N–H and O–H groups in total. The van der Waals surface area contributed by atoms with Crippen molar-refractivity contribution in [3.8, 4) is 0 Å². The summed E-state index contributed by atoms with van der Waals surface area (Å²) in [6.07, 6.45) is 3.19. The third-order valence-corrected chi connectivity index (χ3v) is 4.08. The first-order valence-corrected chi connectivity index (χ1v) is 7.52. The molecule has 0 saturated carbocycles. The van der Waals surface area contributed by atoms with Gasteiger partial charge in [-0.2, -0.15) is 11.8 Å². The van der Waals surface area contributed by atoms with E-state index in [0.717, 1.165) is 40.3 Å². The molecule has 1 aromatic heterocycles. The molecular formula is C11H18BrN3S. The number of anilines is 1. The summed E-state index contributed by atoms with van der Waals surface area (Å²) < 4.78 is 0.860. The Balaban J connectivity index is 2.77. The minimum absolute atomic E-state index is 0.561. The Morgan fingerprint density at radius 2 is 2.00 bits per heavy atom. The zero-order valence-corrected chi connectivity index (χ0v) is 12.2. The maximum absolute atomic E-state index is 5.85. The lowest BCUT2D eigenvalue weighted by atomic mass is 10.2. The summed E-state index contributed by atoms with van der Waals surface area (Å²) in [4.78, 5) is 8.82. The SMILES string of the molecule is CCCSCc1nc(N)c(Br)c(CCC)n1. The molecule has 1 rings (SSSR count). The van der Waals surface area contributed by atoms with Gasteiger partial charge in [-0.3, -0.25) is 0 Å². The fourth-order valence-corrected chi connectivity index (χ4v) is 2.46. The predicted octanol–water partition coefficient (Wildman–Crippen LogP) is 3.42. The number of thioether (sulfide) groups is 1. The molecule has 0 aromatic carbocycles. The summed E-state index contributed by atoms with van der Waals surface area (Å²) in [6.45, 7) is 4.31. The van der Waals surface area contributed by atoms with E-state index in [2.05, 4.69) is 39.7 Å². The van der Waals surface area contributed by atoms with Crippen molar-refractivity contribution in [3.63, 3.8) is 0 Å². The van der Waals surface area contributed by atoms with Gasteiger partial charge in [-0.25, -0.2) is 9.97 Å². The summed E-state index contributed by atoms with van der Waals surface area (Å²) in [7, 11) is 0. The standard InChI is InChI=1S/C11H18BrN3S/c1-3-5-8-10(12)11(13)15-9(14-8)7-16-6-4-2/h3-7H2,1-2H3,(H2,13,14,15). The van der Waals surface area contributed by atoms with Gasteiger partial charge in [0.05, 0.1) is 15.9 Å². The molecule has 0 aliphatic rings. The number of hydrogen-bond acceptors (Lipinski definition) is 4. The molecule has 0 fully saturated rings. The monoisotopic (exact) mass is 303 g/mol. The topological polar surface area (TPSA) is 51.8 Å². The molecule has 1 heterocycles. The fourth-order valence-electron chi connectivity index (χ4n) is 1.34. The van der Waals surface area contributed by atoms with Crippen molar-refractivity contribution in [1.82, 2.24) is 9.97 Å². The molecule has 90 valence electrons. The smallest absolute Gasteiger partial charge is 0.141 e. The Kier molecular flexibility index (Phi) is 6.13. The number of aryl methyl sites for hydroxylation is 1. The van der Waals surface area contributed by atoms with E-state index in [-0.39, 0.29) is 0 Å². The van der Waals surface area contributed by atoms with E-state index in [1.165, 1.54) is 6.42 Å². The van der Waals surface area contributed by atoms with Gasteiger partial charge in [0.1, 0.15) is 11.6 Å². The second kappa shape index (κ2) is 7.12. The highest BCUT2D eigenvalue weighted by Gasteiger charge is 2.09. The number of nitrogen functional groups attached to an aromatic ring is 1. The van der Waals surface area contributed by atoms with Crippen LogP contribution in [0.2, 0.25) is 0 Å². The Bertz CT molecular complexity index is 344. The molecule has 16 heavy (non-hydrogen) atoms. The number of hydrogen-bond donors (Lipinski definition) is 1. The first-order chi connectivity index (χ1) is 7.69. The van der Waals surface area contributed by atoms with Gasteiger partial charge in [0.2, 0.25) is 0 Å². The van der Waals surface area contributed by atoms with Crippen LogP contribution in [0, 0.1) is 0 Å². The number of nitrogens with two attached hydrogens (primary N) is 1. The van der Waals surface area contributed by atoms with Crippen LogP contribution >= 0.6 is 27.7 Å². The molecule has 0 bridgehead atoms. The van der Waals surface area contributed by atoms with E-state index in [0.29, 0.717) is 5.82 Å². The second-order valence-corrected chi connectivity index (χ2v) is 5.49. The van der Waals surface area contributed by atoms with Crippen LogP contribution in [0.3, 0.4) is 0 Å². The van der Waals surface area contributed by atoms with Gasteiger partial charge in [-0.15, -0.1) is 0 Å². The van der Waals surface area contributed by atoms with Crippen LogP contribution in [0.5, 0.6) is 0 Å². The maximum atomic E-state index is 5.85. The molecule has 0 amide bonds. The summed E-state index contributed by atoms with van der Waals surface area (Å²) in [5.74, 6) is 3.40. The molecule has 5 heteroatoms.